The molecule has 0 aliphatic heterocycles. The van der Waals surface area contributed by atoms with Gasteiger partial charge in [0.15, 0.2) is 5.13 Å². The third kappa shape index (κ3) is 4.40. The van der Waals surface area contributed by atoms with E-state index in [2.05, 4.69) is 20.6 Å². The first kappa shape index (κ1) is 18.8. The molecule has 3 rings (SSSR count). The summed E-state index contributed by atoms with van der Waals surface area (Å²) in [6.07, 6.45) is 2.65. The number of rotatable bonds is 6. The van der Waals surface area contributed by atoms with Crippen molar-refractivity contribution in [3.8, 4) is 0 Å². The van der Waals surface area contributed by atoms with Crippen LogP contribution in [0.2, 0.25) is 0 Å². The van der Waals surface area contributed by atoms with E-state index in [9.17, 15) is 19.2 Å². The summed E-state index contributed by atoms with van der Waals surface area (Å²) in [5.41, 5.74) is 0.584. The van der Waals surface area contributed by atoms with Crippen LogP contribution >= 0.6 is 11.3 Å². The molecule has 2 heterocycles. The third-order valence-corrected chi connectivity index (χ3v) is 5.04. The summed E-state index contributed by atoms with van der Waals surface area (Å²) in [7, 11) is 0. The van der Waals surface area contributed by atoms with Crippen LogP contribution in [0, 0.1) is 0 Å². The zero-order valence-electron chi connectivity index (χ0n) is 14.5. The molecule has 142 valence electrons. The van der Waals surface area contributed by atoms with E-state index >= 15 is 0 Å². The highest BCUT2D eigenvalue weighted by Gasteiger charge is 2.33. The molecule has 9 nitrogen and oxygen atoms in total. The lowest BCUT2D eigenvalue weighted by Gasteiger charge is -2.08. The van der Waals surface area contributed by atoms with Gasteiger partial charge in [0, 0.05) is 17.1 Å². The van der Waals surface area contributed by atoms with Gasteiger partial charge in [-0.25, -0.2) is 4.98 Å². The van der Waals surface area contributed by atoms with Gasteiger partial charge < -0.3 is 20.4 Å². The Morgan fingerprint density at radius 3 is 2.89 bits per heavy atom. The monoisotopic (exact) mass is 390 g/mol. The smallest absolute Gasteiger partial charge is 0.315 e. The van der Waals surface area contributed by atoms with E-state index in [1.807, 2.05) is 0 Å². The molecule has 3 N–H and O–H groups in total. The summed E-state index contributed by atoms with van der Waals surface area (Å²) in [5, 5.41) is 5.47. The fourth-order valence-corrected chi connectivity index (χ4v) is 3.79. The Kier molecular flexibility index (Phi) is 5.65. The van der Waals surface area contributed by atoms with Crippen molar-refractivity contribution in [1.82, 2.24) is 15.3 Å². The number of thiazole rings is 1. The third-order valence-electron chi connectivity index (χ3n) is 3.99. The van der Waals surface area contributed by atoms with Crippen LogP contribution in [0.3, 0.4) is 0 Å². The summed E-state index contributed by atoms with van der Waals surface area (Å²) >= 11 is 1.32. The molecule has 10 heteroatoms. The number of hydrogen-bond acceptors (Lipinski definition) is 7. The molecule has 2 aromatic rings. The highest BCUT2D eigenvalue weighted by Crippen LogP contribution is 2.38. The number of fused-ring (bicyclic) bond motifs is 1. The van der Waals surface area contributed by atoms with Crippen molar-refractivity contribution in [2.24, 2.45) is 0 Å². The Morgan fingerprint density at radius 1 is 1.37 bits per heavy atom. The molecular formula is C17H18N4O5S. The van der Waals surface area contributed by atoms with Gasteiger partial charge in [0.05, 0.1) is 24.4 Å². The first-order chi connectivity index (χ1) is 13.0. The molecule has 2 amide bonds. The second-order valence-corrected chi connectivity index (χ2v) is 6.93. The number of anilines is 1. The summed E-state index contributed by atoms with van der Waals surface area (Å²) in [4.78, 5) is 54.6. The van der Waals surface area contributed by atoms with Crippen LogP contribution in [0.5, 0.6) is 0 Å². The fraction of sp³-hybridized carbons (Fsp3) is 0.353. The number of H-pyrrole nitrogens is 1. The first-order valence-electron chi connectivity index (χ1n) is 8.41. The molecule has 0 saturated heterocycles. The Labute approximate surface area is 158 Å². The van der Waals surface area contributed by atoms with Crippen molar-refractivity contribution in [2.45, 2.75) is 25.7 Å². The van der Waals surface area contributed by atoms with Crippen molar-refractivity contribution in [1.29, 1.82) is 0 Å². The van der Waals surface area contributed by atoms with Gasteiger partial charge in [-0.3, -0.25) is 19.2 Å². The number of amides is 2. The fourth-order valence-electron chi connectivity index (χ4n) is 2.73. The number of pyridine rings is 1. The molecule has 1 atom stereocenters. The van der Waals surface area contributed by atoms with Crippen LogP contribution in [0.1, 0.15) is 40.2 Å². The highest BCUT2D eigenvalue weighted by atomic mass is 32.1. The number of carbonyl (C=O) groups excluding carboxylic acids is 3. The molecular weight excluding hydrogens is 372 g/mol. The van der Waals surface area contributed by atoms with Crippen molar-refractivity contribution < 1.29 is 19.1 Å². The second kappa shape index (κ2) is 8.12. The predicted octanol–water partition coefficient (Wildman–Crippen LogP) is 0.793. The van der Waals surface area contributed by atoms with Crippen molar-refractivity contribution in [2.75, 3.05) is 18.5 Å². The Hall–Kier alpha value is -3.01. The van der Waals surface area contributed by atoms with E-state index in [1.165, 1.54) is 29.7 Å². The molecule has 0 aromatic carbocycles. The Morgan fingerprint density at radius 2 is 2.19 bits per heavy atom. The van der Waals surface area contributed by atoms with Gasteiger partial charge in [-0.05, 0) is 25.8 Å². The van der Waals surface area contributed by atoms with Crippen LogP contribution in [0.4, 0.5) is 5.13 Å². The zero-order valence-corrected chi connectivity index (χ0v) is 15.4. The first-order valence-corrected chi connectivity index (χ1v) is 9.22. The SMILES string of the molecule is CCOC(=O)[C@@H]1CCc2sc(NC(=O)CNC(=O)c3ccc(=O)[nH]c3)nc21. The van der Waals surface area contributed by atoms with Crippen LogP contribution < -0.4 is 16.2 Å². The molecule has 0 unspecified atom stereocenters. The Bertz CT molecular complexity index is 915. The van der Waals surface area contributed by atoms with Crippen LogP contribution in [0.25, 0.3) is 0 Å². The quantitative estimate of drug-likeness (QED) is 0.625. The van der Waals surface area contributed by atoms with E-state index in [1.54, 1.807) is 6.92 Å². The summed E-state index contributed by atoms with van der Waals surface area (Å²) in [6.45, 7) is 1.82. The minimum Gasteiger partial charge on any atom is -0.465 e. The molecule has 2 aromatic heterocycles. The maximum atomic E-state index is 12.0. The van der Waals surface area contributed by atoms with Gasteiger partial charge in [-0.15, -0.1) is 11.3 Å². The zero-order chi connectivity index (χ0) is 19.4. The van der Waals surface area contributed by atoms with E-state index in [0.29, 0.717) is 23.9 Å². The summed E-state index contributed by atoms with van der Waals surface area (Å²) < 4.78 is 5.06. The molecule has 0 radical (unpaired) electrons. The number of ether oxygens (including phenoxy) is 1. The second-order valence-electron chi connectivity index (χ2n) is 5.84. The number of aromatic amines is 1. The van der Waals surface area contributed by atoms with Gasteiger partial charge in [0.25, 0.3) is 5.91 Å². The highest BCUT2D eigenvalue weighted by molar-refractivity contribution is 7.16. The lowest BCUT2D eigenvalue weighted by molar-refractivity contribution is -0.145. The minimum atomic E-state index is -0.481. The normalized spacial score (nSPS) is 15.1. The van der Waals surface area contributed by atoms with E-state index in [4.69, 9.17) is 4.74 Å². The van der Waals surface area contributed by atoms with Gasteiger partial charge in [0.1, 0.15) is 5.92 Å². The van der Waals surface area contributed by atoms with Gasteiger partial charge in [0.2, 0.25) is 11.5 Å². The van der Waals surface area contributed by atoms with E-state index in [0.717, 1.165) is 11.3 Å². The van der Waals surface area contributed by atoms with Crippen LogP contribution in [-0.4, -0.2) is 40.9 Å². The molecule has 0 saturated carbocycles. The number of esters is 1. The largest absolute Gasteiger partial charge is 0.465 e. The van der Waals surface area contributed by atoms with Gasteiger partial charge in [-0.2, -0.15) is 0 Å². The number of aromatic nitrogens is 2. The number of hydrogen-bond donors (Lipinski definition) is 3. The molecule has 0 bridgehead atoms. The van der Waals surface area contributed by atoms with Gasteiger partial charge in [-0.1, -0.05) is 0 Å². The molecule has 0 fully saturated rings. The summed E-state index contributed by atoms with van der Waals surface area (Å²) in [5.74, 6) is -1.60. The minimum absolute atomic E-state index is 0.243. The average Bonchev–Trinajstić information content (AvgIpc) is 3.20. The van der Waals surface area contributed by atoms with Crippen molar-refractivity contribution in [3.05, 3.63) is 44.8 Å². The van der Waals surface area contributed by atoms with Gasteiger partial charge >= 0.3 is 5.97 Å². The lowest BCUT2D eigenvalue weighted by atomic mass is 10.1. The number of aryl methyl sites for hydroxylation is 1. The van der Waals surface area contributed by atoms with E-state index in [-0.39, 0.29) is 29.6 Å². The summed E-state index contributed by atoms with van der Waals surface area (Å²) in [6, 6.07) is 2.60. The number of carbonyl (C=O) groups is 3. The number of nitrogens with zero attached hydrogens (tertiary/aromatic N) is 1. The standard InChI is InChI=1S/C17H18N4O5S/c1-2-26-16(25)10-4-5-11-14(10)21-17(27-11)20-13(23)8-19-15(24)9-3-6-12(22)18-7-9/h3,6-7,10H,2,4-5,8H2,1H3,(H,18,22)(H,19,24)(H,20,21,23)/t10-/m1/s1. The number of nitrogens with one attached hydrogen (secondary N) is 3. The molecule has 1 aliphatic carbocycles. The Balaban J connectivity index is 1.55. The molecule has 0 spiro atoms. The van der Waals surface area contributed by atoms with Crippen molar-refractivity contribution in [3.63, 3.8) is 0 Å². The maximum Gasteiger partial charge on any atom is 0.315 e. The van der Waals surface area contributed by atoms with E-state index < -0.39 is 11.8 Å². The topological polar surface area (TPSA) is 130 Å². The predicted molar refractivity (Wildman–Crippen MR) is 97.8 cm³/mol. The van der Waals surface area contributed by atoms with Crippen LogP contribution in [-0.2, 0) is 20.7 Å². The average molecular weight is 390 g/mol. The molecule has 27 heavy (non-hydrogen) atoms. The van der Waals surface area contributed by atoms with Crippen molar-refractivity contribution >= 4 is 34.3 Å². The molecule has 1 aliphatic rings. The maximum absolute atomic E-state index is 12.0. The lowest BCUT2D eigenvalue weighted by Crippen LogP contribution is -2.33. The van der Waals surface area contributed by atoms with Crippen LogP contribution in [0.15, 0.2) is 23.1 Å².